The molecule has 0 saturated heterocycles. The van der Waals surface area contributed by atoms with Gasteiger partial charge in [-0.2, -0.15) is 0 Å². The number of hydrazine groups is 1. The average molecular weight is 277 g/mol. The lowest BCUT2D eigenvalue weighted by Gasteiger charge is -2.24. The normalized spacial score (nSPS) is 14.6. The van der Waals surface area contributed by atoms with Gasteiger partial charge in [-0.05, 0) is 36.1 Å². The number of methoxy groups -OCH3 is 1. The van der Waals surface area contributed by atoms with E-state index >= 15 is 0 Å². The largest absolute Gasteiger partial charge is 0.385 e. The van der Waals surface area contributed by atoms with E-state index in [0.29, 0.717) is 22.6 Å². The Morgan fingerprint density at radius 2 is 2.12 bits per heavy atom. The van der Waals surface area contributed by atoms with Gasteiger partial charge in [-0.25, -0.2) is 0 Å². The van der Waals surface area contributed by atoms with E-state index in [4.69, 9.17) is 33.8 Å². The molecular formula is C12H18Cl2N2O. The molecule has 3 nitrogen and oxygen atoms in total. The van der Waals surface area contributed by atoms with Crippen molar-refractivity contribution in [2.24, 2.45) is 11.8 Å². The second-order valence-electron chi connectivity index (χ2n) is 4.07. The first-order chi connectivity index (χ1) is 8.10. The van der Waals surface area contributed by atoms with E-state index in [1.807, 2.05) is 6.07 Å². The Kier molecular flexibility index (Phi) is 6.23. The van der Waals surface area contributed by atoms with Gasteiger partial charge in [0.15, 0.2) is 0 Å². The minimum atomic E-state index is -0.0312. The fraction of sp³-hybridized carbons (Fsp3) is 0.500. The van der Waals surface area contributed by atoms with Crippen LogP contribution in [0.3, 0.4) is 0 Å². The second kappa shape index (κ2) is 7.19. The average Bonchev–Trinajstić information content (AvgIpc) is 2.32. The van der Waals surface area contributed by atoms with Crippen molar-refractivity contribution < 1.29 is 4.74 Å². The van der Waals surface area contributed by atoms with Crippen LogP contribution in [0.25, 0.3) is 0 Å². The molecule has 0 aliphatic rings. The van der Waals surface area contributed by atoms with Crippen LogP contribution in [-0.2, 0) is 4.74 Å². The van der Waals surface area contributed by atoms with E-state index in [0.717, 1.165) is 12.0 Å². The smallest absolute Gasteiger partial charge is 0.0501 e. The third-order valence-corrected chi connectivity index (χ3v) is 3.40. The molecule has 0 aromatic heterocycles. The number of nitrogens with one attached hydrogen (secondary N) is 1. The first kappa shape index (κ1) is 14.7. The number of ether oxygens (including phenoxy) is 1. The summed E-state index contributed by atoms with van der Waals surface area (Å²) >= 11 is 12.1. The summed E-state index contributed by atoms with van der Waals surface area (Å²) in [4.78, 5) is 0. The third-order valence-electron chi connectivity index (χ3n) is 2.82. The monoisotopic (exact) mass is 276 g/mol. The van der Waals surface area contributed by atoms with Crippen molar-refractivity contribution in [2.45, 2.75) is 19.4 Å². The molecule has 1 aromatic carbocycles. The number of rotatable bonds is 6. The topological polar surface area (TPSA) is 47.3 Å². The molecule has 0 heterocycles. The SMILES string of the molecule is COCCC(C)C(NN)c1cc(Cl)ccc1Cl. The van der Waals surface area contributed by atoms with E-state index in [1.165, 1.54) is 0 Å². The number of hydrogen-bond acceptors (Lipinski definition) is 3. The molecule has 0 saturated carbocycles. The highest BCUT2D eigenvalue weighted by Crippen LogP contribution is 2.31. The van der Waals surface area contributed by atoms with Crippen LogP contribution >= 0.6 is 23.2 Å². The molecule has 1 rings (SSSR count). The molecule has 0 spiro atoms. The molecule has 96 valence electrons. The number of hydrogen-bond donors (Lipinski definition) is 2. The molecular weight excluding hydrogens is 259 g/mol. The Bertz CT molecular complexity index is 360. The Morgan fingerprint density at radius 1 is 1.41 bits per heavy atom. The van der Waals surface area contributed by atoms with E-state index in [1.54, 1.807) is 19.2 Å². The van der Waals surface area contributed by atoms with Crippen molar-refractivity contribution in [1.82, 2.24) is 5.43 Å². The molecule has 0 aliphatic heterocycles. The van der Waals surface area contributed by atoms with Crippen LogP contribution < -0.4 is 11.3 Å². The summed E-state index contributed by atoms with van der Waals surface area (Å²) in [5.41, 5.74) is 3.72. The maximum absolute atomic E-state index is 6.16. The summed E-state index contributed by atoms with van der Waals surface area (Å²) in [7, 11) is 1.68. The molecule has 3 N–H and O–H groups in total. The van der Waals surface area contributed by atoms with Crippen LogP contribution in [0.5, 0.6) is 0 Å². The van der Waals surface area contributed by atoms with Gasteiger partial charge in [0.2, 0.25) is 0 Å². The summed E-state index contributed by atoms with van der Waals surface area (Å²) in [6.45, 7) is 2.79. The Hall–Kier alpha value is -0.320. The lowest BCUT2D eigenvalue weighted by molar-refractivity contribution is 0.170. The van der Waals surface area contributed by atoms with Gasteiger partial charge in [0.05, 0.1) is 6.04 Å². The predicted octanol–water partition coefficient (Wildman–Crippen LogP) is 3.17. The molecule has 5 heteroatoms. The zero-order valence-electron chi connectivity index (χ0n) is 10.0. The van der Waals surface area contributed by atoms with Crippen LogP contribution in [0.1, 0.15) is 24.9 Å². The maximum atomic E-state index is 6.16. The first-order valence-electron chi connectivity index (χ1n) is 5.50. The fourth-order valence-electron chi connectivity index (χ4n) is 1.78. The predicted molar refractivity (Wildman–Crippen MR) is 72.2 cm³/mol. The Labute approximate surface area is 112 Å². The molecule has 2 atom stereocenters. The van der Waals surface area contributed by atoms with Gasteiger partial charge in [-0.1, -0.05) is 30.1 Å². The minimum Gasteiger partial charge on any atom is -0.385 e. The van der Waals surface area contributed by atoms with Crippen LogP contribution in [-0.4, -0.2) is 13.7 Å². The highest BCUT2D eigenvalue weighted by Gasteiger charge is 2.20. The standard InChI is InChI=1S/C12H18Cl2N2O/c1-8(5-6-17-2)12(16-15)10-7-9(13)3-4-11(10)14/h3-4,7-8,12,16H,5-6,15H2,1-2H3. The van der Waals surface area contributed by atoms with Crippen LogP contribution in [0.2, 0.25) is 10.0 Å². The van der Waals surface area contributed by atoms with Gasteiger partial charge in [0.25, 0.3) is 0 Å². The zero-order chi connectivity index (χ0) is 12.8. The fourth-order valence-corrected chi connectivity index (χ4v) is 2.20. The molecule has 0 amide bonds. The second-order valence-corrected chi connectivity index (χ2v) is 4.91. The van der Waals surface area contributed by atoms with Crippen molar-refractivity contribution in [2.75, 3.05) is 13.7 Å². The number of halogens is 2. The molecule has 0 radical (unpaired) electrons. The molecule has 0 bridgehead atoms. The van der Waals surface area contributed by atoms with Crippen molar-refractivity contribution in [3.63, 3.8) is 0 Å². The number of benzene rings is 1. The summed E-state index contributed by atoms with van der Waals surface area (Å²) in [5, 5.41) is 1.32. The Balaban J connectivity index is 2.88. The van der Waals surface area contributed by atoms with E-state index in [2.05, 4.69) is 12.3 Å². The van der Waals surface area contributed by atoms with E-state index < -0.39 is 0 Å². The molecule has 2 unspecified atom stereocenters. The van der Waals surface area contributed by atoms with Gasteiger partial charge in [0.1, 0.15) is 0 Å². The summed E-state index contributed by atoms with van der Waals surface area (Å²) < 4.78 is 5.07. The zero-order valence-corrected chi connectivity index (χ0v) is 11.6. The number of nitrogens with two attached hydrogens (primary N) is 1. The van der Waals surface area contributed by atoms with Gasteiger partial charge in [-0.3, -0.25) is 11.3 Å². The van der Waals surface area contributed by atoms with Gasteiger partial charge >= 0.3 is 0 Å². The summed E-state index contributed by atoms with van der Waals surface area (Å²) in [6.07, 6.45) is 0.897. The highest BCUT2D eigenvalue weighted by atomic mass is 35.5. The van der Waals surface area contributed by atoms with Crippen molar-refractivity contribution >= 4 is 23.2 Å². The van der Waals surface area contributed by atoms with Gasteiger partial charge in [-0.15, -0.1) is 0 Å². The van der Waals surface area contributed by atoms with Gasteiger partial charge < -0.3 is 4.74 Å². The maximum Gasteiger partial charge on any atom is 0.0501 e. The Morgan fingerprint density at radius 3 is 2.71 bits per heavy atom. The quantitative estimate of drug-likeness (QED) is 0.620. The van der Waals surface area contributed by atoms with E-state index in [9.17, 15) is 0 Å². The van der Waals surface area contributed by atoms with Crippen molar-refractivity contribution in [3.8, 4) is 0 Å². The molecule has 0 fully saturated rings. The molecule has 1 aromatic rings. The van der Waals surface area contributed by atoms with E-state index in [-0.39, 0.29) is 6.04 Å². The van der Waals surface area contributed by atoms with Gasteiger partial charge in [0, 0.05) is 23.8 Å². The first-order valence-corrected chi connectivity index (χ1v) is 6.25. The van der Waals surface area contributed by atoms with Crippen LogP contribution in [0.4, 0.5) is 0 Å². The van der Waals surface area contributed by atoms with Crippen LogP contribution in [0, 0.1) is 5.92 Å². The lowest BCUT2D eigenvalue weighted by atomic mass is 9.92. The van der Waals surface area contributed by atoms with Crippen molar-refractivity contribution in [3.05, 3.63) is 33.8 Å². The lowest BCUT2D eigenvalue weighted by Crippen LogP contribution is -2.33. The third kappa shape index (κ3) is 4.12. The molecule has 17 heavy (non-hydrogen) atoms. The summed E-state index contributed by atoms with van der Waals surface area (Å²) in [5.74, 6) is 5.91. The summed E-state index contributed by atoms with van der Waals surface area (Å²) in [6, 6.07) is 5.36. The minimum absolute atomic E-state index is 0.0312. The van der Waals surface area contributed by atoms with Crippen LogP contribution in [0.15, 0.2) is 18.2 Å². The van der Waals surface area contributed by atoms with Crippen molar-refractivity contribution in [1.29, 1.82) is 0 Å². The molecule has 0 aliphatic carbocycles. The highest BCUT2D eigenvalue weighted by molar-refractivity contribution is 6.33.